The van der Waals surface area contributed by atoms with Crippen molar-refractivity contribution in [2.24, 2.45) is 7.05 Å². The van der Waals surface area contributed by atoms with Gasteiger partial charge in [-0.1, -0.05) is 13.3 Å². The van der Waals surface area contributed by atoms with E-state index in [1.165, 1.54) is 0 Å². The van der Waals surface area contributed by atoms with Crippen LogP contribution in [0.5, 0.6) is 0 Å². The second-order valence-corrected chi connectivity index (χ2v) is 3.98. The van der Waals surface area contributed by atoms with Crippen molar-refractivity contribution in [2.75, 3.05) is 0 Å². The molecule has 5 nitrogen and oxygen atoms in total. The lowest BCUT2D eigenvalue weighted by molar-refractivity contribution is 0.0698. The third kappa shape index (κ3) is 2.08. The second-order valence-electron chi connectivity index (χ2n) is 3.98. The molecule has 0 aliphatic carbocycles. The highest BCUT2D eigenvalue weighted by atomic mass is 16.4. The van der Waals surface area contributed by atoms with Crippen molar-refractivity contribution in [3.05, 3.63) is 29.6 Å². The molecule has 17 heavy (non-hydrogen) atoms. The number of carbonyl (C=O) groups is 1. The maximum Gasteiger partial charge on any atom is 0.337 e. The normalized spacial score (nSPS) is 10.7. The summed E-state index contributed by atoms with van der Waals surface area (Å²) in [5.74, 6) is -0.917. The summed E-state index contributed by atoms with van der Waals surface area (Å²) in [6.07, 6.45) is 3.48. The Hall–Kier alpha value is -2.04. The van der Waals surface area contributed by atoms with E-state index in [9.17, 15) is 9.90 Å². The second kappa shape index (κ2) is 4.45. The van der Waals surface area contributed by atoms with Gasteiger partial charge in [0.25, 0.3) is 0 Å². The van der Waals surface area contributed by atoms with Crippen LogP contribution in [0.3, 0.4) is 0 Å². The molecule has 0 amide bonds. The van der Waals surface area contributed by atoms with Crippen molar-refractivity contribution >= 4 is 5.97 Å². The van der Waals surface area contributed by atoms with Gasteiger partial charge in [-0.2, -0.15) is 5.10 Å². The number of carboxylic acids is 1. The summed E-state index contributed by atoms with van der Waals surface area (Å²) in [4.78, 5) is 14.4. The van der Waals surface area contributed by atoms with Crippen LogP contribution < -0.4 is 0 Å². The van der Waals surface area contributed by atoms with E-state index >= 15 is 0 Å². The number of aryl methyl sites for hydroxylation is 2. The summed E-state index contributed by atoms with van der Waals surface area (Å²) in [6.45, 7) is 2.06. The van der Waals surface area contributed by atoms with Gasteiger partial charge < -0.3 is 10.1 Å². The lowest BCUT2D eigenvalue weighted by atomic mass is 10.2. The first kappa shape index (κ1) is 11.4. The molecule has 2 N–H and O–H groups in total. The number of hydrogen-bond acceptors (Lipinski definition) is 2. The van der Waals surface area contributed by atoms with Gasteiger partial charge in [-0.05, 0) is 18.6 Å². The number of H-pyrrole nitrogens is 1. The number of rotatable bonds is 4. The average molecular weight is 233 g/mol. The van der Waals surface area contributed by atoms with Crippen molar-refractivity contribution < 1.29 is 9.90 Å². The van der Waals surface area contributed by atoms with Crippen LogP contribution in [-0.4, -0.2) is 25.8 Å². The van der Waals surface area contributed by atoms with Crippen LogP contribution in [0.15, 0.2) is 18.3 Å². The smallest absolute Gasteiger partial charge is 0.337 e. The minimum Gasteiger partial charge on any atom is -0.478 e. The number of aromatic carboxylic acids is 1. The van der Waals surface area contributed by atoms with Gasteiger partial charge in [0.15, 0.2) is 0 Å². The average Bonchev–Trinajstić information content (AvgIpc) is 2.84. The Kier molecular flexibility index (Phi) is 2.99. The van der Waals surface area contributed by atoms with E-state index in [1.54, 1.807) is 30.1 Å². The Bertz CT molecular complexity index is 540. The van der Waals surface area contributed by atoms with Crippen LogP contribution in [0.2, 0.25) is 0 Å². The predicted octanol–water partition coefficient (Wildman–Crippen LogP) is 2.07. The summed E-state index contributed by atoms with van der Waals surface area (Å²) in [6, 6.07) is 3.50. The van der Waals surface area contributed by atoms with Crippen LogP contribution in [0.25, 0.3) is 11.4 Å². The molecule has 2 heterocycles. The molecule has 90 valence electrons. The SMILES string of the molecule is CCCc1cc(C(=O)O)c(-c2ccnn2C)[nH]1. The van der Waals surface area contributed by atoms with Gasteiger partial charge in [-0.15, -0.1) is 0 Å². The Labute approximate surface area is 99.1 Å². The van der Waals surface area contributed by atoms with Gasteiger partial charge in [0.05, 0.1) is 17.0 Å². The van der Waals surface area contributed by atoms with E-state index in [-0.39, 0.29) is 0 Å². The monoisotopic (exact) mass is 233 g/mol. The number of nitrogens with one attached hydrogen (secondary N) is 1. The summed E-state index contributed by atoms with van der Waals surface area (Å²) in [5, 5.41) is 13.2. The highest BCUT2D eigenvalue weighted by Crippen LogP contribution is 2.23. The quantitative estimate of drug-likeness (QED) is 0.849. The fourth-order valence-electron chi connectivity index (χ4n) is 1.90. The molecule has 0 aromatic carbocycles. The Morgan fingerprint density at radius 3 is 2.88 bits per heavy atom. The van der Waals surface area contributed by atoms with E-state index in [0.29, 0.717) is 11.3 Å². The maximum absolute atomic E-state index is 11.2. The molecule has 0 radical (unpaired) electrons. The van der Waals surface area contributed by atoms with E-state index in [0.717, 1.165) is 24.2 Å². The minimum absolute atomic E-state index is 0.303. The third-order valence-corrected chi connectivity index (χ3v) is 2.70. The van der Waals surface area contributed by atoms with Crippen LogP contribution in [0, 0.1) is 0 Å². The molecule has 0 spiro atoms. The van der Waals surface area contributed by atoms with E-state index < -0.39 is 5.97 Å². The lowest BCUT2D eigenvalue weighted by Gasteiger charge is -2.01. The zero-order chi connectivity index (χ0) is 12.4. The Morgan fingerprint density at radius 1 is 1.59 bits per heavy atom. The molecule has 2 aromatic rings. The number of aromatic amines is 1. The van der Waals surface area contributed by atoms with Crippen molar-refractivity contribution in [1.29, 1.82) is 0 Å². The fraction of sp³-hybridized carbons (Fsp3) is 0.333. The van der Waals surface area contributed by atoms with Crippen LogP contribution in [-0.2, 0) is 13.5 Å². The number of nitrogens with zero attached hydrogens (tertiary/aromatic N) is 2. The summed E-state index contributed by atoms with van der Waals surface area (Å²) >= 11 is 0. The first-order valence-electron chi connectivity index (χ1n) is 5.57. The Morgan fingerprint density at radius 2 is 2.35 bits per heavy atom. The topological polar surface area (TPSA) is 70.9 Å². The zero-order valence-corrected chi connectivity index (χ0v) is 9.90. The molecule has 0 saturated carbocycles. The van der Waals surface area contributed by atoms with Crippen LogP contribution in [0.4, 0.5) is 0 Å². The maximum atomic E-state index is 11.2. The zero-order valence-electron chi connectivity index (χ0n) is 9.90. The molecule has 0 unspecified atom stereocenters. The molecule has 0 aliphatic heterocycles. The molecule has 0 atom stereocenters. The van der Waals surface area contributed by atoms with Gasteiger partial charge in [0, 0.05) is 18.9 Å². The first-order valence-corrected chi connectivity index (χ1v) is 5.57. The van der Waals surface area contributed by atoms with Gasteiger partial charge in [0.2, 0.25) is 0 Å². The van der Waals surface area contributed by atoms with Crippen LogP contribution in [0.1, 0.15) is 29.4 Å². The summed E-state index contributed by atoms with van der Waals surface area (Å²) < 4.78 is 1.66. The molecular formula is C12H15N3O2. The number of carboxylic acid groups (broad SMARTS) is 1. The summed E-state index contributed by atoms with van der Waals surface area (Å²) in [7, 11) is 1.79. The van der Waals surface area contributed by atoms with E-state index in [2.05, 4.69) is 17.0 Å². The van der Waals surface area contributed by atoms with Crippen molar-refractivity contribution in [3.8, 4) is 11.4 Å². The lowest BCUT2D eigenvalue weighted by Crippen LogP contribution is -2.00. The standard InChI is InChI=1S/C12H15N3O2/c1-3-4-8-7-9(12(16)17)11(14-8)10-5-6-13-15(10)2/h5-7,14H,3-4H2,1-2H3,(H,16,17). The van der Waals surface area contributed by atoms with Crippen molar-refractivity contribution in [2.45, 2.75) is 19.8 Å². The van der Waals surface area contributed by atoms with Gasteiger partial charge in [-0.3, -0.25) is 4.68 Å². The Balaban J connectivity index is 2.52. The molecular weight excluding hydrogens is 218 g/mol. The van der Waals surface area contributed by atoms with Crippen molar-refractivity contribution in [1.82, 2.24) is 14.8 Å². The van der Waals surface area contributed by atoms with Gasteiger partial charge in [-0.25, -0.2) is 4.79 Å². The molecule has 0 fully saturated rings. The van der Waals surface area contributed by atoms with Gasteiger partial charge >= 0.3 is 5.97 Å². The molecule has 5 heteroatoms. The third-order valence-electron chi connectivity index (χ3n) is 2.70. The summed E-state index contributed by atoms with van der Waals surface area (Å²) in [5.41, 5.74) is 2.66. The molecule has 2 aromatic heterocycles. The fourth-order valence-corrected chi connectivity index (χ4v) is 1.90. The number of aromatic nitrogens is 3. The highest BCUT2D eigenvalue weighted by Gasteiger charge is 2.17. The van der Waals surface area contributed by atoms with E-state index in [4.69, 9.17) is 0 Å². The first-order chi connectivity index (χ1) is 8.13. The molecule has 2 rings (SSSR count). The predicted molar refractivity (Wildman–Crippen MR) is 63.9 cm³/mol. The number of hydrogen-bond donors (Lipinski definition) is 2. The van der Waals surface area contributed by atoms with E-state index in [1.807, 2.05) is 0 Å². The van der Waals surface area contributed by atoms with Crippen molar-refractivity contribution in [3.63, 3.8) is 0 Å². The largest absolute Gasteiger partial charge is 0.478 e. The molecule has 0 bridgehead atoms. The highest BCUT2D eigenvalue weighted by molar-refractivity contribution is 5.95. The molecule has 0 aliphatic rings. The van der Waals surface area contributed by atoms with Gasteiger partial charge in [0.1, 0.15) is 0 Å². The van der Waals surface area contributed by atoms with Crippen LogP contribution >= 0.6 is 0 Å². The molecule has 0 saturated heterocycles. The minimum atomic E-state index is -0.917.